The van der Waals surface area contributed by atoms with Crippen molar-refractivity contribution in [3.63, 3.8) is 0 Å². The number of nitrogens with one attached hydrogen (secondary N) is 1. The number of nitrogens with zero attached hydrogens (tertiary/aromatic N) is 7. The van der Waals surface area contributed by atoms with Gasteiger partial charge in [-0.05, 0) is 25.1 Å². The summed E-state index contributed by atoms with van der Waals surface area (Å²) < 4.78 is 21.4. The van der Waals surface area contributed by atoms with Crippen molar-refractivity contribution in [2.75, 3.05) is 17.2 Å². The summed E-state index contributed by atoms with van der Waals surface area (Å²) >= 11 is 3.18. The lowest BCUT2D eigenvalue weighted by atomic mass is 10.1. The molecule has 2 amide bonds. The molecule has 0 unspecified atom stereocenters. The highest BCUT2D eigenvalue weighted by Gasteiger charge is 2.54. The van der Waals surface area contributed by atoms with Gasteiger partial charge in [-0.1, -0.05) is 5.16 Å². The molecule has 5 heterocycles. The van der Waals surface area contributed by atoms with Crippen molar-refractivity contribution in [1.82, 2.24) is 34.8 Å². The summed E-state index contributed by atoms with van der Waals surface area (Å²) in [4.78, 5) is 117. The van der Waals surface area contributed by atoms with Crippen molar-refractivity contribution >= 4 is 99.3 Å². The van der Waals surface area contributed by atoms with Crippen molar-refractivity contribution in [3.05, 3.63) is 57.8 Å². The fraction of sp³-hybridized carbons (Fsp3) is 0.242. The van der Waals surface area contributed by atoms with Crippen LogP contribution in [0.3, 0.4) is 0 Å². The van der Waals surface area contributed by atoms with Crippen molar-refractivity contribution < 1.29 is 72.4 Å². The molecule has 6 rings (SSSR count). The second-order valence-corrected chi connectivity index (χ2v) is 15.1. The van der Waals surface area contributed by atoms with Gasteiger partial charge in [0.1, 0.15) is 22.1 Å². The number of anilines is 1. The predicted molar refractivity (Wildman–Crippen MR) is 203 cm³/mol. The number of amides is 2. The number of rotatable bonds is 13. The Morgan fingerprint density at radius 2 is 1.63 bits per heavy atom. The van der Waals surface area contributed by atoms with Gasteiger partial charge in [0.25, 0.3) is 23.4 Å². The van der Waals surface area contributed by atoms with Crippen LogP contribution in [0.4, 0.5) is 9.93 Å². The van der Waals surface area contributed by atoms with Crippen LogP contribution in [-0.2, 0) is 33.5 Å². The molecule has 0 spiro atoms. The molecule has 0 aliphatic carbocycles. The Bertz CT molecular complexity index is 2550. The summed E-state index contributed by atoms with van der Waals surface area (Å²) in [5.74, 6) is -9.32. The molecule has 24 nitrogen and oxygen atoms in total. The number of carboxylic acids is 1. The van der Waals surface area contributed by atoms with E-state index in [0.29, 0.717) is 16.3 Å². The lowest BCUT2D eigenvalue weighted by molar-refractivity contribution is -0.148. The molecule has 2 aliphatic rings. The summed E-state index contributed by atoms with van der Waals surface area (Å²) in [6.07, 6.45) is -1.72. The molecule has 1 aromatic carbocycles. The zero-order valence-electron chi connectivity index (χ0n) is 31.0. The van der Waals surface area contributed by atoms with Gasteiger partial charge < -0.3 is 45.0 Å². The summed E-state index contributed by atoms with van der Waals surface area (Å²) in [5, 5.41) is 29.9. The molecule has 4 aromatic rings. The standard InChI is InChI=1S/C33H27N9O15S3/c1-11-5-20(42-32(35-11)38-24(39-42)29(48)49)58-8-16-9-59-28-22(26(47)41(28)27(16)56-33(51)52)37-25(46)21(17-10-60-31(34)36-17)40-57-30(50)15-6-18(53-12(2)43)23(55-14(4)45)19(7-15)54-13(3)44/h5-7,10,22,28H,8-9H2,1-4H3,(H2,34,36)(H,37,46)(H,48,49)(H,51,52)/b40-21-/t22-,28-/m1/s1. The van der Waals surface area contributed by atoms with Gasteiger partial charge in [0, 0.05) is 48.9 Å². The predicted octanol–water partition coefficient (Wildman–Crippen LogP) is 1.61. The number of carbonyl (C=O) groups excluding carboxylic acids is 6. The van der Waals surface area contributed by atoms with E-state index in [1.54, 1.807) is 13.0 Å². The van der Waals surface area contributed by atoms with E-state index in [1.165, 1.54) is 9.90 Å². The minimum atomic E-state index is -1.72. The topological polar surface area (TPSA) is 333 Å². The normalized spacial score (nSPS) is 16.0. The molecule has 60 heavy (non-hydrogen) atoms. The first-order chi connectivity index (χ1) is 28.4. The molecule has 1 saturated heterocycles. The third kappa shape index (κ3) is 9.26. The van der Waals surface area contributed by atoms with Crippen molar-refractivity contribution in [2.24, 2.45) is 5.16 Å². The molecular formula is C33H27N9O15S3. The van der Waals surface area contributed by atoms with Gasteiger partial charge in [-0.2, -0.15) is 9.50 Å². The molecule has 312 valence electrons. The number of hydrogen-bond donors (Lipinski definition) is 4. The maximum Gasteiger partial charge on any atom is 0.512 e. The Balaban J connectivity index is 1.23. The Kier molecular flexibility index (Phi) is 12.3. The van der Waals surface area contributed by atoms with Crippen LogP contribution in [0.1, 0.15) is 53.1 Å². The molecule has 0 saturated carbocycles. The van der Waals surface area contributed by atoms with Crippen LogP contribution in [0, 0.1) is 6.92 Å². The van der Waals surface area contributed by atoms with Crippen LogP contribution >= 0.6 is 34.9 Å². The first-order valence-electron chi connectivity index (χ1n) is 16.6. The second kappa shape index (κ2) is 17.4. The maximum atomic E-state index is 13.7. The van der Waals surface area contributed by atoms with Crippen LogP contribution in [0.5, 0.6) is 17.2 Å². The minimum absolute atomic E-state index is 0.0107. The summed E-state index contributed by atoms with van der Waals surface area (Å²) in [7, 11) is 0. The highest BCUT2D eigenvalue weighted by molar-refractivity contribution is 8.01. The van der Waals surface area contributed by atoms with Gasteiger partial charge in [0.05, 0.1) is 5.56 Å². The molecule has 1 fully saturated rings. The third-order valence-electron chi connectivity index (χ3n) is 7.67. The number of nitrogen functional groups attached to an aromatic ring is 1. The summed E-state index contributed by atoms with van der Waals surface area (Å²) in [5.41, 5.74) is 5.38. The Morgan fingerprint density at radius 3 is 2.22 bits per heavy atom. The molecular weight excluding hydrogens is 859 g/mol. The number of carbonyl (C=O) groups is 8. The smallest absolute Gasteiger partial charge is 0.475 e. The largest absolute Gasteiger partial charge is 0.512 e. The Hall–Kier alpha value is -7.13. The molecule has 0 bridgehead atoms. The van der Waals surface area contributed by atoms with E-state index < -0.39 is 93.6 Å². The molecule has 5 N–H and O–H groups in total. The van der Waals surface area contributed by atoms with Crippen LogP contribution in [-0.4, -0.2) is 116 Å². The highest BCUT2D eigenvalue weighted by Crippen LogP contribution is 2.42. The van der Waals surface area contributed by atoms with Crippen LogP contribution in [0.25, 0.3) is 5.78 Å². The Morgan fingerprint density at radius 1 is 0.967 bits per heavy atom. The lowest BCUT2D eigenvalue weighted by Gasteiger charge is -2.49. The minimum Gasteiger partial charge on any atom is -0.475 e. The van der Waals surface area contributed by atoms with E-state index in [0.717, 1.165) is 72.7 Å². The quantitative estimate of drug-likeness (QED) is 0.0216. The number of thiazole rings is 1. The van der Waals surface area contributed by atoms with E-state index >= 15 is 0 Å². The number of aromatic carboxylic acids is 1. The van der Waals surface area contributed by atoms with Crippen LogP contribution in [0.15, 0.2) is 45.2 Å². The maximum absolute atomic E-state index is 13.7. The average Bonchev–Trinajstić information content (AvgIpc) is 3.79. The van der Waals surface area contributed by atoms with Crippen LogP contribution in [0.2, 0.25) is 0 Å². The number of oxime groups is 1. The van der Waals surface area contributed by atoms with E-state index in [1.807, 2.05) is 0 Å². The number of esters is 3. The number of hydrogen-bond acceptors (Lipinski definition) is 22. The number of fused-ring (bicyclic) bond motifs is 2. The molecule has 2 atom stereocenters. The molecule has 0 radical (unpaired) electrons. The van der Waals surface area contributed by atoms with Crippen molar-refractivity contribution in [3.8, 4) is 17.2 Å². The zero-order valence-corrected chi connectivity index (χ0v) is 33.5. The number of aryl methyl sites for hydroxylation is 1. The number of benzene rings is 1. The number of β-lactam (4-membered cyclic amide) rings is 1. The van der Waals surface area contributed by atoms with Gasteiger partial charge >= 0.3 is 36.0 Å². The van der Waals surface area contributed by atoms with E-state index in [2.05, 4.69) is 30.5 Å². The average molecular weight is 886 g/mol. The van der Waals surface area contributed by atoms with Crippen molar-refractivity contribution in [2.45, 2.75) is 44.1 Å². The monoisotopic (exact) mass is 885 g/mol. The van der Waals surface area contributed by atoms with E-state index in [-0.39, 0.29) is 34.0 Å². The highest BCUT2D eigenvalue weighted by atomic mass is 32.2. The number of thioether (sulfide) groups is 2. The number of nitrogens with two attached hydrogens (primary N) is 1. The number of ether oxygens (including phenoxy) is 4. The van der Waals surface area contributed by atoms with Gasteiger partial charge in [-0.25, -0.2) is 24.4 Å². The lowest BCUT2D eigenvalue weighted by Crippen LogP contribution is -2.70. The molecule has 3 aromatic heterocycles. The first kappa shape index (κ1) is 42.5. The van der Waals surface area contributed by atoms with Gasteiger partial charge in [0.15, 0.2) is 22.3 Å². The Labute approximate surface area is 347 Å². The van der Waals surface area contributed by atoms with Gasteiger partial charge in [-0.3, -0.25) is 28.9 Å². The second-order valence-electron chi connectivity index (χ2n) is 12.1. The zero-order chi connectivity index (χ0) is 43.6. The SMILES string of the molecule is CC(=O)Oc1cc(C(=O)O/N=C(\C(=O)N[C@@H]2C(=O)N3C(OC(=O)O)=C(CSc4cc(C)nc5nc(C(=O)O)nn45)CS[C@H]23)c2csc(N)n2)cc(OC(C)=O)c1OC(C)=O. The first-order valence-corrected chi connectivity index (χ1v) is 19.5. The number of carboxylic acid groups (broad SMARTS) is 2. The van der Waals surface area contributed by atoms with E-state index in [9.17, 15) is 48.6 Å². The third-order valence-corrected chi connectivity index (χ3v) is 10.8. The fourth-order valence-corrected chi connectivity index (χ4v) is 8.41. The van der Waals surface area contributed by atoms with Gasteiger partial charge in [0.2, 0.25) is 11.6 Å². The molecule has 27 heteroatoms. The van der Waals surface area contributed by atoms with E-state index in [4.69, 9.17) is 29.5 Å². The van der Waals surface area contributed by atoms with Crippen LogP contribution < -0.4 is 25.3 Å². The van der Waals surface area contributed by atoms with Crippen molar-refractivity contribution in [1.29, 1.82) is 0 Å². The fourth-order valence-electron chi connectivity index (χ4n) is 5.37. The summed E-state index contributed by atoms with van der Waals surface area (Å²) in [6, 6.07) is 2.18. The number of aromatic nitrogens is 5. The summed E-state index contributed by atoms with van der Waals surface area (Å²) in [6.45, 7) is 4.70. The van der Waals surface area contributed by atoms with Gasteiger partial charge in [-0.15, -0.1) is 40.0 Å². The molecule has 2 aliphatic heterocycles.